The van der Waals surface area contributed by atoms with Crippen molar-refractivity contribution in [2.45, 2.75) is 39.7 Å². The number of aromatic nitrogens is 3. The average molecular weight is 278 g/mol. The Kier molecular flexibility index (Phi) is 4.62. The predicted molar refractivity (Wildman–Crippen MR) is 83.5 cm³/mol. The molecule has 0 atom stereocenters. The lowest BCUT2D eigenvalue weighted by molar-refractivity contribution is 0.625. The SMILES string of the molecule is CCNc1nc(N(C)C)nc(N(CC2CC2)C(C)C)n1. The third kappa shape index (κ3) is 3.71. The Bertz CT molecular complexity index is 441. The molecule has 1 saturated carbocycles. The maximum atomic E-state index is 4.61. The van der Waals surface area contributed by atoms with E-state index < -0.39 is 0 Å². The number of anilines is 3. The molecule has 1 aliphatic rings. The molecule has 1 aromatic rings. The molecule has 0 aromatic carbocycles. The van der Waals surface area contributed by atoms with Crippen LogP contribution in [0.2, 0.25) is 0 Å². The van der Waals surface area contributed by atoms with E-state index in [4.69, 9.17) is 0 Å². The van der Waals surface area contributed by atoms with Gasteiger partial charge < -0.3 is 15.1 Å². The lowest BCUT2D eigenvalue weighted by Crippen LogP contribution is -2.35. The van der Waals surface area contributed by atoms with Gasteiger partial charge in [0.25, 0.3) is 0 Å². The smallest absolute Gasteiger partial charge is 0.232 e. The van der Waals surface area contributed by atoms with E-state index in [1.165, 1.54) is 12.8 Å². The van der Waals surface area contributed by atoms with Gasteiger partial charge in [-0.25, -0.2) is 0 Å². The molecule has 1 aliphatic carbocycles. The van der Waals surface area contributed by atoms with Gasteiger partial charge in [0.1, 0.15) is 0 Å². The molecule has 6 heteroatoms. The molecule has 2 rings (SSSR count). The molecule has 1 N–H and O–H groups in total. The summed E-state index contributed by atoms with van der Waals surface area (Å²) in [5, 5.41) is 3.19. The lowest BCUT2D eigenvalue weighted by Gasteiger charge is -2.27. The first-order valence-corrected chi connectivity index (χ1v) is 7.45. The first-order chi connectivity index (χ1) is 9.51. The highest BCUT2D eigenvalue weighted by Gasteiger charge is 2.27. The fourth-order valence-electron chi connectivity index (χ4n) is 2.02. The van der Waals surface area contributed by atoms with E-state index in [2.05, 4.69) is 39.0 Å². The Hall–Kier alpha value is -1.59. The molecule has 1 fully saturated rings. The molecule has 0 spiro atoms. The van der Waals surface area contributed by atoms with Crippen molar-refractivity contribution in [1.29, 1.82) is 0 Å². The Morgan fingerprint density at radius 2 is 1.80 bits per heavy atom. The second-order valence-electron chi connectivity index (χ2n) is 5.87. The minimum absolute atomic E-state index is 0.391. The van der Waals surface area contributed by atoms with Crippen molar-refractivity contribution in [3.05, 3.63) is 0 Å². The zero-order valence-electron chi connectivity index (χ0n) is 13.2. The van der Waals surface area contributed by atoms with Gasteiger partial charge in [-0.05, 0) is 39.5 Å². The van der Waals surface area contributed by atoms with Crippen LogP contribution in [0, 0.1) is 5.92 Å². The van der Waals surface area contributed by atoms with Gasteiger partial charge in [-0.1, -0.05) is 0 Å². The monoisotopic (exact) mass is 278 g/mol. The zero-order chi connectivity index (χ0) is 14.7. The molecule has 0 bridgehead atoms. The van der Waals surface area contributed by atoms with Crippen LogP contribution >= 0.6 is 0 Å². The van der Waals surface area contributed by atoms with E-state index in [-0.39, 0.29) is 0 Å². The van der Waals surface area contributed by atoms with Crippen LogP contribution in [0.25, 0.3) is 0 Å². The quantitative estimate of drug-likeness (QED) is 0.823. The molecule has 112 valence electrons. The van der Waals surface area contributed by atoms with Crippen molar-refractivity contribution in [3.63, 3.8) is 0 Å². The van der Waals surface area contributed by atoms with Crippen LogP contribution < -0.4 is 15.1 Å². The number of rotatable bonds is 7. The molecule has 6 nitrogen and oxygen atoms in total. The maximum absolute atomic E-state index is 4.61. The highest BCUT2D eigenvalue weighted by molar-refractivity contribution is 5.45. The summed E-state index contributed by atoms with van der Waals surface area (Å²) in [6.07, 6.45) is 2.66. The first-order valence-electron chi connectivity index (χ1n) is 7.45. The second-order valence-corrected chi connectivity index (χ2v) is 5.87. The minimum atomic E-state index is 0.391. The van der Waals surface area contributed by atoms with E-state index in [0.717, 1.165) is 25.0 Å². The maximum Gasteiger partial charge on any atom is 0.232 e. The summed E-state index contributed by atoms with van der Waals surface area (Å²) in [4.78, 5) is 17.8. The topological polar surface area (TPSA) is 57.2 Å². The van der Waals surface area contributed by atoms with Gasteiger partial charge in [-0.15, -0.1) is 0 Å². The highest BCUT2D eigenvalue weighted by atomic mass is 15.4. The van der Waals surface area contributed by atoms with Gasteiger partial charge >= 0.3 is 0 Å². The van der Waals surface area contributed by atoms with Gasteiger partial charge in [0.2, 0.25) is 17.8 Å². The standard InChI is InChI=1S/C14H26N6/c1-6-15-12-16-13(19(4)5)18-14(17-12)20(10(2)3)9-11-7-8-11/h10-11H,6-9H2,1-5H3,(H,15,16,17,18). The fraction of sp³-hybridized carbons (Fsp3) is 0.786. The van der Waals surface area contributed by atoms with Crippen molar-refractivity contribution >= 4 is 17.8 Å². The van der Waals surface area contributed by atoms with Gasteiger partial charge in [0, 0.05) is 33.2 Å². The number of hydrogen-bond acceptors (Lipinski definition) is 6. The minimum Gasteiger partial charge on any atom is -0.354 e. The molecular weight excluding hydrogens is 252 g/mol. The first kappa shape index (κ1) is 14.8. The van der Waals surface area contributed by atoms with E-state index in [1.807, 2.05) is 25.9 Å². The van der Waals surface area contributed by atoms with Crippen molar-refractivity contribution in [3.8, 4) is 0 Å². The Morgan fingerprint density at radius 3 is 2.30 bits per heavy atom. The van der Waals surface area contributed by atoms with Crippen LogP contribution in [0.4, 0.5) is 17.8 Å². The largest absolute Gasteiger partial charge is 0.354 e. The predicted octanol–water partition coefficient (Wildman–Crippen LogP) is 1.99. The van der Waals surface area contributed by atoms with Gasteiger partial charge in [-0.3, -0.25) is 0 Å². The van der Waals surface area contributed by atoms with Crippen LogP contribution in [0.5, 0.6) is 0 Å². The van der Waals surface area contributed by atoms with E-state index in [0.29, 0.717) is 17.9 Å². The third-order valence-electron chi connectivity index (χ3n) is 3.38. The number of hydrogen-bond donors (Lipinski definition) is 1. The van der Waals surface area contributed by atoms with Crippen molar-refractivity contribution in [1.82, 2.24) is 15.0 Å². The van der Waals surface area contributed by atoms with E-state index in [1.54, 1.807) is 0 Å². The number of nitrogens with zero attached hydrogens (tertiary/aromatic N) is 5. The molecule has 0 aliphatic heterocycles. The summed E-state index contributed by atoms with van der Waals surface area (Å²) in [6, 6.07) is 0.391. The second kappa shape index (κ2) is 6.24. The third-order valence-corrected chi connectivity index (χ3v) is 3.38. The molecule has 1 heterocycles. The summed E-state index contributed by atoms with van der Waals surface area (Å²) in [5.74, 6) is 2.94. The molecule has 20 heavy (non-hydrogen) atoms. The summed E-state index contributed by atoms with van der Waals surface area (Å²) in [6.45, 7) is 8.27. The normalized spacial score (nSPS) is 14.5. The van der Waals surface area contributed by atoms with Crippen molar-refractivity contribution in [2.75, 3.05) is 42.3 Å². The van der Waals surface area contributed by atoms with Crippen molar-refractivity contribution in [2.24, 2.45) is 5.92 Å². The highest BCUT2D eigenvalue weighted by Crippen LogP contribution is 2.31. The summed E-state index contributed by atoms with van der Waals surface area (Å²) < 4.78 is 0. The molecule has 0 radical (unpaired) electrons. The molecule has 0 unspecified atom stereocenters. The summed E-state index contributed by atoms with van der Waals surface area (Å²) in [5.41, 5.74) is 0. The van der Waals surface area contributed by atoms with Gasteiger partial charge in [0.15, 0.2) is 0 Å². The van der Waals surface area contributed by atoms with Gasteiger partial charge in [0.05, 0.1) is 0 Å². The van der Waals surface area contributed by atoms with Crippen LogP contribution in [-0.2, 0) is 0 Å². The van der Waals surface area contributed by atoms with E-state index in [9.17, 15) is 0 Å². The lowest BCUT2D eigenvalue weighted by atomic mass is 10.3. The zero-order valence-corrected chi connectivity index (χ0v) is 13.2. The van der Waals surface area contributed by atoms with E-state index >= 15 is 0 Å². The molecular formula is C14H26N6. The Morgan fingerprint density at radius 1 is 1.15 bits per heavy atom. The average Bonchev–Trinajstić information content (AvgIpc) is 3.19. The summed E-state index contributed by atoms with van der Waals surface area (Å²) >= 11 is 0. The number of nitrogens with one attached hydrogen (secondary N) is 1. The molecule has 1 aromatic heterocycles. The molecule has 0 amide bonds. The van der Waals surface area contributed by atoms with Crippen LogP contribution in [0.15, 0.2) is 0 Å². The van der Waals surface area contributed by atoms with Crippen LogP contribution in [0.1, 0.15) is 33.6 Å². The fourth-order valence-corrected chi connectivity index (χ4v) is 2.02. The van der Waals surface area contributed by atoms with Gasteiger partial charge in [-0.2, -0.15) is 15.0 Å². The Labute approximate surface area is 121 Å². The Balaban J connectivity index is 2.30. The molecule has 0 saturated heterocycles. The van der Waals surface area contributed by atoms with Crippen molar-refractivity contribution < 1.29 is 0 Å². The van der Waals surface area contributed by atoms with Crippen LogP contribution in [0.3, 0.4) is 0 Å². The summed E-state index contributed by atoms with van der Waals surface area (Å²) in [7, 11) is 3.91. The van der Waals surface area contributed by atoms with Crippen LogP contribution in [-0.4, -0.2) is 48.2 Å².